The number of halogens is 1. The molecule has 0 aliphatic carbocycles. The van der Waals surface area contributed by atoms with Gasteiger partial charge in [-0.05, 0) is 66.4 Å². The first-order chi connectivity index (χ1) is 13.2. The van der Waals surface area contributed by atoms with Gasteiger partial charge in [0.05, 0.1) is 0 Å². The molecule has 0 unspecified atom stereocenters. The number of fused-ring (bicyclic) bond motifs is 1. The first-order valence-electron chi connectivity index (χ1n) is 9.36. The van der Waals surface area contributed by atoms with E-state index in [-0.39, 0.29) is 5.82 Å². The van der Waals surface area contributed by atoms with Crippen molar-refractivity contribution in [3.05, 3.63) is 66.2 Å². The standard InChI is InChI=1S/C22H24FN3S/c1-27-22-5-3-19(23)12-18(22)15-26-10-7-20(8-11-26)25-21-4-2-17-14-24-9-6-16(17)13-21/h2-6,9,12-14,20,25H,7-8,10-11,15H2,1H3. The molecule has 0 atom stereocenters. The maximum absolute atomic E-state index is 13.6. The van der Waals surface area contributed by atoms with E-state index in [0.717, 1.165) is 43.4 Å². The topological polar surface area (TPSA) is 28.2 Å². The molecular weight excluding hydrogens is 357 g/mol. The SMILES string of the molecule is CSc1ccc(F)cc1CN1CCC(Nc2ccc3cnccc3c2)CC1. The smallest absolute Gasteiger partial charge is 0.123 e. The van der Waals surface area contributed by atoms with E-state index in [4.69, 9.17) is 0 Å². The molecule has 1 aromatic heterocycles. The second kappa shape index (κ2) is 8.28. The lowest BCUT2D eigenvalue weighted by molar-refractivity contribution is 0.210. The summed E-state index contributed by atoms with van der Waals surface area (Å²) >= 11 is 1.69. The van der Waals surface area contributed by atoms with Gasteiger partial charge in [0.15, 0.2) is 0 Å². The summed E-state index contributed by atoms with van der Waals surface area (Å²) in [6.07, 6.45) is 7.97. The van der Waals surface area contributed by atoms with Gasteiger partial charge >= 0.3 is 0 Å². The molecule has 0 radical (unpaired) electrons. The van der Waals surface area contributed by atoms with Crippen LogP contribution in [0.1, 0.15) is 18.4 Å². The first-order valence-corrected chi connectivity index (χ1v) is 10.6. The molecule has 5 heteroatoms. The van der Waals surface area contributed by atoms with Crippen molar-refractivity contribution in [2.24, 2.45) is 0 Å². The fourth-order valence-corrected chi connectivity index (χ4v) is 4.35. The highest BCUT2D eigenvalue weighted by Crippen LogP contribution is 2.25. The van der Waals surface area contributed by atoms with E-state index in [9.17, 15) is 4.39 Å². The third kappa shape index (κ3) is 4.42. The molecule has 2 heterocycles. The number of nitrogens with zero attached hydrogens (tertiary/aromatic N) is 2. The number of likely N-dealkylation sites (tertiary alicyclic amines) is 1. The number of anilines is 1. The zero-order chi connectivity index (χ0) is 18.6. The Morgan fingerprint density at radius 3 is 2.78 bits per heavy atom. The molecule has 3 aromatic rings. The van der Waals surface area contributed by atoms with Crippen molar-refractivity contribution in [1.29, 1.82) is 0 Å². The molecule has 1 fully saturated rings. The lowest BCUT2D eigenvalue weighted by Gasteiger charge is -2.33. The number of piperidine rings is 1. The summed E-state index contributed by atoms with van der Waals surface area (Å²) in [7, 11) is 0. The highest BCUT2D eigenvalue weighted by atomic mass is 32.2. The Balaban J connectivity index is 1.35. The fraction of sp³-hybridized carbons (Fsp3) is 0.318. The summed E-state index contributed by atoms with van der Waals surface area (Å²) in [6, 6.07) is 14.1. The van der Waals surface area contributed by atoms with Crippen molar-refractivity contribution < 1.29 is 4.39 Å². The van der Waals surface area contributed by atoms with Crippen molar-refractivity contribution in [3.8, 4) is 0 Å². The third-order valence-electron chi connectivity index (χ3n) is 5.24. The Morgan fingerprint density at radius 2 is 1.96 bits per heavy atom. The van der Waals surface area contributed by atoms with Crippen LogP contribution >= 0.6 is 11.8 Å². The van der Waals surface area contributed by atoms with Gasteiger partial charge in [0.25, 0.3) is 0 Å². The van der Waals surface area contributed by atoms with Crippen LogP contribution in [-0.4, -0.2) is 35.3 Å². The molecule has 1 aliphatic rings. The van der Waals surface area contributed by atoms with Crippen molar-refractivity contribution in [1.82, 2.24) is 9.88 Å². The molecule has 1 aliphatic heterocycles. The number of hydrogen-bond acceptors (Lipinski definition) is 4. The molecule has 1 N–H and O–H groups in total. The van der Waals surface area contributed by atoms with Gasteiger partial charge in [0.1, 0.15) is 5.82 Å². The van der Waals surface area contributed by atoms with Crippen molar-refractivity contribution in [3.63, 3.8) is 0 Å². The van der Waals surface area contributed by atoms with Crippen LogP contribution in [0.3, 0.4) is 0 Å². The van der Waals surface area contributed by atoms with E-state index in [1.54, 1.807) is 23.9 Å². The Hall–Kier alpha value is -2.11. The maximum atomic E-state index is 13.6. The minimum Gasteiger partial charge on any atom is -0.382 e. The Morgan fingerprint density at radius 1 is 1.11 bits per heavy atom. The summed E-state index contributed by atoms with van der Waals surface area (Å²) in [4.78, 5) is 7.77. The van der Waals surface area contributed by atoms with Crippen LogP contribution in [-0.2, 0) is 6.54 Å². The molecule has 0 bridgehead atoms. The van der Waals surface area contributed by atoms with Crippen molar-refractivity contribution in [2.75, 3.05) is 24.7 Å². The summed E-state index contributed by atoms with van der Waals surface area (Å²) in [5, 5.41) is 6.05. The second-order valence-electron chi connectivity index (χ2n) is 7.09. The number of nitrogens with one attached hydrogen (secondary N) is 1. The second-order valence-corrected chi connectivity index (χ2v) is 7.94. The van der Waals surface area contributed by atoms with Crippen molar-refractivity contribution in [2.45, 2.75) is 30.3 Å². The minimum atomic E-state index is -0.147. The van der Waals surface area contributed by atoms with Gasteiger partial charge < -0.3 is 5.32 Å². The quantitative estimate of drug-likeness (QED) is 0.617. The number of aromatic nitrogens is 1. The predicted octanol–water partition coefficient (Wildman–Crippen LogP) is 5.17. The van der Waals surface area contributed by atoms with Gasteiger partial charge in [0.2, 0.25) is 0 Å². The van der Waals surface area contributed by atoms with Crippen LogP contribution < -0.4 is 5.32 Å². The lowest BCUT2D eigenvalue weighted by atomic mass is 10.0. The number of pyridine rings is 1. The predicted molar refractivity (Wildman–Crippen MR) is 112 cm³/mol. The van der Waals surface area contributed by atoms with E-state index in [2.05, 4.69) is 33.4 Å². The van der Waals surface area contributed by atoms with Crippen LogP contribution in [0.15, 0.2) is 59.8 Å². The van der Waals surface area contributed by atoms with E-state index in [0.29, 0.717) is 6.04 Å². The Bertz CT molecular complexity index is 922. The number of thioether (sulfide) groups is 1. The monoisotopic (exact) mass is 381 g/mol. The van der Waals surface area contributed by atoms with E-state index in [1.165, 1.54) is 16.0 Å². The molecule has 27 heavy (non-hydrogen) atoms. The molecule has 0 amide bonds. The molecule has 3 nitrogen and oxygen atoms in total. The minimum absolute atomic E-state index is 0.147. The average molecular weight is 382 g/mol. The van der Waals surface area contributed by atoms with Crippen LogP contribution in [0.25, 0.3) is 10.8 Å². The van der Waals surface area contributed by atoms with Gasteiger partial charge in [0, 0.05) is 54.0 Å². The Kier molecular flexibility index (Phi) is 5.60. The van der Waals surface area contributed by atoms with Crippen LogP contribution in [0, 0.1) is 5.82 Å². The van der Waals surface area contributed by atoms with Gasteiger partial charge in [-0.3, -0.25) is 9.88 Å². The summed E-state index contributed by atoms with van der Waals surface area (Å²) in [6.45, 7) is 2.88. The lowest BCUT2D eigenvalue weighted by Crippen LogP contribution is -2.38. The largest absolute Gasteiger partial charge is 0.382 e. The normalized spacial score (nSPS) is 15.9. The molecule has 0 saturated carbocycles. The zero-order valence-electron chi connectivity index (χ0n) is 15.5. The van der Waals surface area contributed by atoms with E-state index >= 15 is 0 Å². The first kappa shape index (κ1) is 18.3. The molecule has 1 saturated heterocycles. The van der Waals surface area contributed by atoms with Gasteiger partial charge in [-0.1, -0.05) is 6.07 Å². The third-order valence-corrected chi connectivity index (χ3v) is 6.07. The average Bonchev–Trinajstić information content (AvgIpc) is 2.70. The number of benzene rings is 2. The molecule has 2 aromatic carbocycles. The Labute approximate surface area is 164 Å². The van der Waals surface area contributed by atoms with Gasteiger partial charge in [-0.25, -0.2) is 4.39 Å². The maximum Gasteiger partial charge on any atom is 0.123 e. The number of hydrogen-bond donors (Lipinski definition) is 1. The molecule has 140 valence electrons. The fourth-order valence-electron chi connectivity index (χ4n) is 3.76. The van der Waals surface area contributed by atoms with Crippen LogP contribution in [0.4, 0.5) is 10.1 Å². The van der Waals surface area contributed by atoms with Crippen molar-refractivity contribution >= 4 is 28.2 Å². The van der Waals surface area contributed by atoms with Crippen LogP contribution in [0.2, 0.25) is 0 Å². The van der Waals surface area contributed by atoms with E-state index in [1.807, 2.05) is 30.8 Å². The molecule has 4 rings (SSSR count). The summed E-state index contributed by atoms with van der Waals surface area (Å²) in [5.74, 6) is -0.147. The van der Waals surface area contributed by atoms with Gasteiger partial charge in [-0.15, -0.1) is 11.8 Å². The number of rotatable bonds is 5. The van der Waals surface area contributed by atoms with Crippen LogP contribution in [0.5, 0.6) is 0 Å². The van der Waals surface area contributed by atoms with Gasteiger partial charge in [-0.2, -0.15) is 0 Å². The highest BCUT2D eigenvalue weighted by Gasteiger charge is 2.20. The molecule has 0 spiro atoms. The highest BCUT2D eigenvalue weighted by molar-refractivity contribution is 7.98. The van der Waals surface area contributed by atoms with E-state index < -0.39 is 0 Å². The summed E-state index contributed by atoms with van der Waals surface area (Å²) in [5.41, 5.74) is 2.26. The zero-order valence-corrected chi connectivity index (χ0v) is 16.3. The summed E-state index contributed by atoms with van der Waals surface area (Å²) < 4.78 is 13.6. The molecular formula is C22H24FN3S.